The lowest BCUT2D eigenvalue weighted by Crippen LogP contribution is -2.43. The van der Waals surface area contributed by atoms with Crippen molar-refractivity contribution in [2.75, 3.05) is 40.5 Å². The SMILES string of the molecule is COCCN(CC(=N)N)C(C)COC. The summed E-state index contributed by atoms with van der Waals surface area (Å²) in [5.41, 5.74) is 5.36. The highest BCUT2D eigenvalue weighted by molar-refractivity contribution is 5.78. The first kappa shape index (κ1) is 13.4. The number of hydrogen-bond acceptors (Lipinski definition) is 4. The van der Waals surface area contributed by atoms with Gasteiger partial charge in [0.1, 0.15) is 5.84 Å². The Morgan fingerprint density at radius 2 is 2.07 bits per heavy atom. The highest BCUT2D eigenvalue weighted by Gasteiger charge is 2.13. The van der Waals surface area contributed by atoms with Crippen molar-refractivity contribution in [1.29, 1.82) is 5.41 Å². The summed E-state index contributed by atoms with van der Waals surface area (Å²) in [4.78, 5) is 2.06. The van der Waals surface area contributed by atoms with Crippen molar-refractivity contribution in [2.45, 2.75) is 13.0 Å². The van der Waals surface area contributed by atoms with Gasteiger partial charge in [-0.15, -0.1) is 0 Å². The molecule has 0 bridgehead atoms. The molecule has 0 amide bonds. The molecule has 0 saturated heterocycles. The highest BCUT2D eigenvalue weighted by Crippen LogP contribution is 1.98. The Labute approximate surface area is 85.7 Å². The lowest BCUT2D eigenvalue weighted by molar-refractivity contribution is 0.0847. The predicted octanol–water partition coefficient (Wildman–Crippen LogP) is -0.0943. The van der Waals surface area contributed by atoms with Crippen LogP contribution in [0.25, 0.3) is 0 Å². The third-order valence-corrected chi connectivity index (χ3v) is 1.99. The number of rotatable bonds is 8. The zero-order valence-corrected chi connectivity index (χ0v) is 9.25. The van der Waals surface area contributed by atoms with Crippen molar-refractivity contribution in [3.63, 3.8) is 0 Å². The molecule has 0 radical (unpaired) electrons. The van der Waals surface area contributed by atoms with Gasteiger partial charge in [0.2, 0.25) is 0 Å². The fraction of sp³-hybridized carbons (Fsp3) is 0.889. The van der Waals surface area contributed by atoms with E-state index in [9.17, 15) is 0 Å². The molecule has 0 saturated carbocycles. The summed E-state index contributed by atoms with van der Waals surface area (Å²) in [7, 11) is 3.33. The van der Waals surface area contributed by atoms with Gasteiger partial charge >= 0.3 is 0 Å². The third kappa shape index (κ3) is 5.90. The minimum atomic E-state index is 0.170. The minimum Gasteiger partial charge on any atom is -0.387 e. The van der Waals surface area contributed by atoms with Gasteiger partial charge in [0, 0.05) is 26.8 Å². The van der Waals surface area contributed by atoms with Crippen LogP contribution < -0.4 is 5.73 Å². The zero-order valence-electron chi connectivity index (χ0n) is 9.25. The van der Waals surface area contributed by atoms with Crippen molar-refractivity contribution in [2.24, 2.45) is 5.73 Å². The highest BCUT2D eigenvalue weighted by atomic mass is 16.5. The summed E-state index contributed by atoms with van der Waals surface area (Å²) < 4.78 is 10.0. The summed E-state index contributed by atoms with van der Waals surface area (Å²) in [5, 5.41) is 7.24. The van der Waals surface area contributed by atoms with E-state index in [1.165, 1.54) is 0 Å². The first-order valence-corrected chi connectivity index (χ1v) is 4.66. The summed E-state index contributed by atoms with van der Waals surface area (Å²) in [6, 6.07) is 0.249. The Kier molecular flexibility index (Phi) is 7.37. The van der Waals surface area contributed by atoms with E-state index in [4.69, 9.17) is 20.6 Å². The Balaban J connectivity index is 4.00. The topological polar surface area (TPSA) is 71.6 Å². The standard InChI is InChI=1S/C9H21N3O2/c1-8(7-14-3)12(4-5-13-2)6-9(10)11/h8H,4-7H2,1-3H3,(H3,10,11). The predicted molar refractivity (Wildman–Crippen MR) is 56.7 cm³/mol. The quantitative estimate of drug-likeness (QED) is 0.427. The van der Waals surface area contributed by atoms with Gasteiger partial charge in [-0.1, -0.05) is 0 Å². The summed E-state index contributed by atoms with van der Waals surface area (Å²) in [6.07, 6.45) is 0. The Bertz CT molecular complexity index is 164. The molecule has 0 aromatic carbocycles. The van der Waals surface area contributed by atoms with Crippen LogP contribution in [0.3, 0.4) is 0 Å². The average molecular weight is 203 g/mol. The molecule has 0 aromatic rings. The molecule has 5 nitrogen and oxygen atoms in total. The molecule has 0 aliphatic rings. The van der Waals surface area contributed by atoms with E-state index < -0.39 is 0 Å². The van der Waals surface area contributed by atoms with Crippen LogP contribution in [0.15, 0.2) is 0 Å². The van der Waals surface area contributed by atoms with Crippen molar-refractivity contribution >= 4 is 5.84 Å². The molecule has 84 valence electrons. The van der Waals surface area contributed by atoms with Gasteiger partial charge in [-0.3, -0.25) is 10.3 Å². The van der Waals surface area contributed by atoms with Crippen molar-refractivity contribution < 1.29 is 9.47 Å². The fourth-order valence-corrected chi connectivity index (χ4v) is 1.23. The maximum Gasteiger partial charge on any atom is 0.105 e. The van der Waals surface area contributed by atoms with Crippen molar-refractivity contribution in [3.8, 4) is 0 Å². The number of methoxy groups -OCH3 is 2. The minimum absolute atomic E-state index is 0.170. The molecule has 0 aliphatic carbocycles. The molecule has 1 atom stereocenters. The van der Waals surface area contributed by atoms with E-state index in [-0.39, 0.29) is 11.9 Å². The van der Waals surface area contributed by atoms with E-state index in [0.29, 0.717) is 19.8 Å². The Morgan fingerprint density at radius 1 is 1.43 bits per heavy atom. The molecule has 0 fully saturated rings. The Hall–Kier alpha value is -0.650. The van der Waals surface area contributed by atoms with E-state index >= 15 is 0 Å². The average Bonchev–Trinajstić information content (AvgIpc) is 2.12. The van der Waals surface area contributed by atoms with Crippen LogP contribution in [0.2, 0.25) is 0 Å². The van der Waals surface area contributed by atoms with Gasteiger partial charge in [0.15, 0.2) is 0 Å². The zero-order chi connectivity index (χ0) is 11.0. The number of amidine groups is 1. The fourth-order valence-electron chi connectivity index (χ4n) is 1.23. The van der Waals surface area contributed by atoms with Gasteiger partial charge in [-0.25, -0.2) is 0 Å². The first-order chi connectivity index (χ1) is 6.61. The van der Waals surface area contributed by atoms with Crippen LogP contribution in [-0.2, 0) is 9.47 Å². The van der Waals surface area contributed by atoms with E-state index in [1.807, 2.05) is 6.92 Å². The van der Waals surface area contributed by atoms with Crippen molar-refractivity contribution in [3.05, 3.63) is 0 Å². The molecule has 0 heterocycles. The maximum absolute atomic E-state index is 7.24. The van der Waals surface area contributed by atoms with Gasteiger partial charge in [0.05, 0.1) is 19.8 Å². The molecule has 14 heavy (non-hydrogen) atoms. The monoisotopic (exact) mass is 203 g/mol. The second-order valence-electron chi connectivity index (χ2n) is 3.29. The summed E-state index contributed by atoms with van der Waals surface area (Å²) in [6.45, 7) is 4.55. The smallest absolute Gasteiger partial charge is 0.105 e. The molecule has 1 unspecified atom stereocenters. The van der Waals surface area contributed by atoms with E-state index in [1.54, 1.807) is 14.2 Å². The third-order valence-electron chi connectivity index (χ3n) is 1.99. The van der Waals surface area contributed by atoms with Gasteiger partial charge in [-0.2, -0.15) is 0 Å². The van der Waals surface area contributed by atoms with Crippen LogP contribution in [0.1, 0.15) is 6.92 Å². The Morgan fingerprint density at radius 3 is 2.50 bits per heavy atom. The van der Waals surface area contributed by atoms with Gasteiger partial charge in [-0.05, 0) is 6.92 Å². The van der Waals surface area contributed by atoms with Crippen LogP contribution in [-0.4, -0.2) is 57.3 Å². The molecule has 0 rings (SSSR count). The molecular formula is C9H21N3O2. The number of ether oxygens (including phenoxy) is 2. The molecule has 0 aliphatic heterocycles. The normalized spacial score (nSPS) is 13.1. The number of nitrogens with one attached hydrogen (secondary N) is 1. The molecular weight excluding hydrogens is 182 g/mol. The van der Waals surface area contributed by atoms with Gasteiger partial charge in [0.25, 0.3) is 0 Å². The summed E-state index contributed by atoms with van der Waals surface area (Å²) in [5.74, 6) is 0.170. The molecule has 0 spiro atoms. The molecule has 3 N–H and O–H groups in total. The van der Waals surface area contributed by atoms with Gasteiger partial charge < -0.3 is 15.2 Å². The number of nitrogens with zero attached hydrogens (tertiary/aromatic N) is 1. The lowest BCUT2D eigenvalue weighted by Gasteiger charge is -2.27. The van der Waals surface area contributed by atoms with E-state index in [2.05, 4.69) is 4.90 Å². The molecule has 0 aromatic heterocycles. The van der Waals surface area contributed by atoms with E-state index in [0.717, 1.165) is 6.54 Å². The largest absolute Gasteiger partial charge is 0.387 e. The molecule has 5 heteroatoms. The second-order valence-corrected chi connectivity index (χ2v) is 3.29. The lowest BCUT2D eigenvalue weighted by atomic mass is 10.3. The first-order valence-electron chi connectivity index (χ1n) is 4.66. The maximum atomic E-state index is 7.24. The number of nitrogens with two attached hydrogens (primary N) is 1. The van der Waals surface area contributed by atoms with Crippen LogP contribution in [0, 0.1) is 5.41 Å². The van der Waals surface area contributed by atoms with Crippen molar-refractivity contribution in [1.82, 2.24) is 4.90 Å². The van der Waals surface area contributed by atoms with Crippen LogP contribution in [0.4, 0.5) is 0 Å². The second kappa shape index (κ2) is 7.73. The van der Waals surface area contributed by atoms with Crippen LogP contribution >= 0.6 is 0 Å². The summed E-state index contributed by atoms with van der Waals surface area (Å²) >= 11 is 0. The van der Waals surface area contributed by atoms with Crippen LogP contribution in [0.5, 0.6) is 0 Å². The number of hydrogen-bond donors (Lipinski definition) is 2.